The van der Waals surface area contributed by atoms with Crippen molar-refractivity contribution in [3.63, 3.8) is 0 Å². The van der Waals surface area contributed by atoms with Crippen molar-refractivity contribution in [2.24, 2.45) is 0 Å². The lowest BCUT2D eigenvalue weighted by Crippen LogP contribution is -2.48. The maximum atomic E-state index is 12.6. The molecule has 1 aliphatic rings. The summed E-state index contributed by atoms with van der Waals surface area (Å²) in [4.78, 5) is 24.8. The van der Waals surface area contributed by atoms with Gasteiger partial charge in [0.1, 0.15) is 5.70 Å². The van der Waals surface area contributed by atoms with Crippen molar-refractivity contribution in [1.82, 2.24) is 5.43 Å². The van der Waals surface area contributed by atoms with Gasteiger partial charge >= 0.3 is 0 Å². The van der Waals surface area contributed by atoms with E-state index in [-0.39, 0.29) is 18.2 Å². The number of aryl methyl sites for hydroxylation is 1. The summed E-state index contributed by atoms with van der Waals surface area (Å²) in [5, 5.41) is 4.83. The van der Waals surface area contributed by atoms with E-state index in [1.165, 1.54) is 5.01 Å². The van der Waals surface area contributed by atoms with Gasteiger partial charge in [0, 0.05) is 17.1 Å². The van der Waals surface area contributed by atoms with Gasteiger partial charge in [-0.3, -0.25) is 15.0 Å². The van der Waals surface area contributed by atoms with Crippen LogP contribution in [-0.4, -0.2) is 11.8 Å². The maximum Gasteiger partial charge on any atom is 0.273 e. The molecule has 0 atom stereocenters. The summed E-state index contributed by atoms with van der Waals surface area (Å²) >= 11 is 6.09. The molecule has 0 radical (unpaired) electrons. The number of rotatable bonds is 3. The van der Waals surface area contributed by atoms with E-state index in [1.807, 2.05) is 38.1 Å². The number of hydrogen-bond donors (Lipinski definition) is 2. The number of carbonyl (C=O) groups excluding carboxylic acids is 2. The molecule has 128 valence electrons. The topological polar surface area (TPSA) is 61.4 Å². The molecule has 2 amide bonds. The first-order chi connectivity index (χ1) is 12.0. The van der Waals surface area contributed by atoms with E-state index >= 15 is 0 Å². The van der Waals surface area contributed by atoms with Gasteiger partial charge in [-0.2, -0.15) is 0 Å². The van der Waals surface area contributed by atoms with Crippen LogP contribution in [0.5, 0.6) is 0 Å². The number of nitrogens with one attached hydrogen (secondary N) is 2. The number of hydrazine groups is 1. The first kappa shape index (κ1) is 17.0. The highest BCUT2D eigenvalue weighted by Crippen LogP contribution is 2.25. The SMILES string of the molecule is Cc1ccccc1N1NC(C(=O)Nc2cccc(Cl)c2C)=CCC1=O. The fourth-order valence-corrected chi connectivity index (χ4v) is 2.77. The maximum absolute atomic E-state index is 12.6. The van der Waals surface area contributed by atoms with Crippen molar-refractivity contribution in [3.8, 4) is 0 Å². The number of halogens is 1. The Morgan fingerprint density at radius 1 is 1.16 bits per heavy atom. The van der Waals surface area contributed by atoms with E-state index in [2.05, 4.69) is 10.7 Å². The van der Waals surface area contributed by atoms with Crippen molar-refractivity contribution in [3.05, 3.63) is 70.4 Å². The number of hydrogen-bond acceptors (Lipinski definition) is 3. The molecule has 25 heavy (non-hydrogen) atoms. The third-order valence-electron chi connectivity index (χ3n) is 4.08. The summed E-state index contributed by atoms with van der Waals surface area (Å²) in [6.45, 7) is 3.75. The van der Waals surface area contributed by atoms with Crippen LogP contribution in [0.1, 0.15) is 17.5 Å². The van der Waals surface area contributed by atoms with Crippen LogP contribution in [0.2, 0.25) is 5.02 Å². The van der Waals surface area contributed by atoms with Crippen LogP contribution in [0.25, 0.3) is 0 Å². The average molecular weight is 356 g/mol. The Balaban J connectivity index is 1.81. The number of amides is 2. The molecule has 0 aliphatic carbocycles. The van der Waals surface area contributed by atoms with Crippen LogP contribution < -0.4 is 15.8 Å². The Morgan fingerprint density at radius 3 is 2.68 bits per heavy atom. The molecule has 0 unspecified atom stereocenters. The standard InChI is InChI=1S/C19H18ClN3O2/c1-12-6-3-4-9-17(12)23-18(24)11-10-16(22-23)19(25)21-15-8-5-7-14(20)13(15)2/h3-10,22H,11H2,1-2H3,(H,21,25). The fraction of sp³-hybridized carbons (Fsp3) is 0.158. The molecular formula is C19H18ClN3O2. The predicted octanol–water partition coefficient (Wildman–Crippen LogP) is 3.72. The highest BCUT2D eigenvalue weighted by molar-refractivity contribution is 6.31. The lowest BCUT2D eigenvalue weighted by Gasteiger charge is -2.29. The molecule has 0 saturated heterocycles. The van der Waals surface area contributed by atoms with E-state index in [1.54, 1.807) is 24.3 Å². The second kappa shape index (κ2) is 6.99. The lowest BCUT2D eigenvalue weighted by atomic mass is 10.1. The molecule has 0 fully saturated rings. The van der Waals surface area contributed by atoms with Gasteiger partial charge in [0.15, 0.2) is 0 Å². The number of benzene rings is 2. The smallest absolute Gasteiger partial charge is 0.273 e. The average Bonchev–Trinajstić information content (AvgIpc) is 2.60. The van der Waals surface area contributed by atoms with Crippen LogP contribution in [-0.2, 0) is 9.59 Å². The zero-order valence-electron chi connectivity index (χ0n) is 14.0. The monoisotopic (exact) mass is 355 g/mol. The molecule has 0 aromatic heterocycles. The first-order valence-electron chi connectivity index (χ1n) is 7.89. The van der Waals surface area contributed by atoms with Gasteiger partial charge < -0.3 is 5.32 Å². The number of anilines is 2. The van der Waals surface area contributed by atoms with Gasteiger partial charge in [0.2, 0.25) is 5.91 Å². The van der Waals surface area contributed by atoms with Crippen molar-refractivity contribution in [2.75, 3.05) is 10.3 Å². The third kappa shape index (κ3) is 3.51. The van der Waals surface area contributed by atoms with Gasteiger partial charge in [-0.15, -0.1) is 0 Å². The molecule has 2 aromatic rings. The van der Waals surface area contributed by atoms with Crippen molar-refractivity contribution in [1.29, 1.82) is 0 Å². The van der Waals surface area contributed by atoms with Gasteiger partial charge in [0.05, 0.1) is 5.69 Å². The van der Waals surface area contributed by atoms with Crippen LogP contribution in [0.3, 0.4) is 0 Å². The molecule has 0 spiro atoms. The first-order valence-corrected chi connectivity index (χ1v) is 8.27. The summed E-state index contributed by atoms with van der Waals surface area (Å²) in [6.07, 6.45) is 1.74. The second-order valence-corrected chi connectivity index (χ2v) is 6.22. The highest BCUT2D eigenvalue weighted by atomic mass is 35.5. The Labute approximate surface area is 151 Å². The van der Waals surface area contributed by atoms with Gasteiger partial charge in [-0.25, -0.2) is 5.01 Å². The summed E-state index contributed by atoms with van der Waals surface area (Å²) in [5.41, 5.74) is 6.33. The minimum absolute atomic E-state index is 0.121. The van der Waals surface area contributed by atoms with E-state index in [4.69, 9.17) is 11.6 Å². The summed E-state index contributed by atoms with van der Waals surface area (Å²) in [5.74, 6) is -0.443. The van der Waals surface area contributed by atoms with Gasteiger partial charge in [-0.1, -0.05) is 35.9 Å². The molecule has 1 aliphatic heterocycles. The van der Waals surface area contributed by atoms with Gasteiger partial charge in [0.25, 0.3) is 5.91 Å². The summed E-state index contributed by atoms with van der Waals surface area (Å²) in [6, 6.07) is 12.8. The number of nitrogens with zero attached hydrogens (tertiary/aromatic N) is 1. The molecule has 2 N–H and O–H groups in total. The molecule has 6 heteroatoms. The molecule has 1 heterocycles. The minimum atomic E-state index is -0.323. The van der Waals surface area contributed by atoms with E-state index in [0.717, 1.165) is 16.8 Å². The predicted molar refractivity (Wildman–Crippen MR) is 99.3 cm³/mol. The molecule has 5 nitrogen and oxygen atoms in total. The summed E-state index contributed by atoms with van der Waals surface area (Å²) in [7, 11) is 0. The van der Waals surface area contributed by atoms with Crippen molar-refractivity contribution < 1.29 is 9.59 Å². The van der Waals surface area contributed by atoms with Crippen LogP contribution in [0.15, 0.2) is 54.2 Å². The van der Waals surface area contributed by atoms with Gasteiger partial charge in [-0.05, 0) is 49.2 Å². The molecular weight excluding hydrogens is 338 g/mol. The van der Waals surface area contributed by atoms with E-state index in [9.17, 15) is 9.59 Å². The number of carbonyl (C=O) groups is 2. The number of para-hydroxylation sites is 1. The molecule has 3 rings (SSSR count). The lowest BCUT2D eigenvalue weighted by molar-refractivity contribution is -0.119. The van der Waals surface area contributed by atoms with Crippen molar-refractivity contribution in [2.45, 2.75) is 20.3 Å². The Kier molecular flexibility index (Phi) is 4.76. The van der Waals surface area contributed by atoms with Crippen LogP contribution in [0.4, 0.5) is 11.4 Å². The van der Waals surface area contributed by atoms with E-state index in [0.29, 0.717) is 16.4 Å². The Morgan fingerprint density at radius 2 is 1.92 bits per heavy atom. The second-order valence-electron chi connectivity index (χ2n) is 5.82. The Hall–Kier alpha value is -2.79. The normalized spacial score (nSPS) is 14.0. The quantitative estimate of drug-likeness (QED) is 0.882. The van der Waals surface area contributed by atoms with Crippen LogP contribution in [0, 0.1) is 13.8 Å². The van der Waals surface area contributed by atoms with Crippen molar-refractivity contribution >= 4 is 34.8 Å². The zero-order valence-corrected chi connectivity index (χ0v) is 14.7. The third-order valence-corrected chi connectivity index (χ3v) is 4.49. The molecule has 2 aromatic carbocycles. The largest absolute Gasteiger partial charge is 0.320 e. The highest BCUT2D eigenvalue weighted by Gasteiger charge is 2.25. The fourth-order valence-electron chi connectivity index (χ4n) is 2.59. The van der Waals surface area contributed by atoms with E-state index < -0.39 is 0 Å². The zero-order chi connectivity index (χ0) is 18.0. The summed E-state index contributed by atoms with van der Waals surface area (Å²) < 4.78 is 0. The molecule has 0 saturated carbocycles. The van der Waals surface area contributed by atoms with Crippen LogP contribution >= 0.6 is 11.6 Å². The minimum Gasteiger partial charge on any atom is -0.320 e. The molecule has 0 bridgehead atoms. The Bertz CT molecular complexity index is 877.